The molecule has 160 valence electrons. The van der Waals surface area contributed by atoms with Crippen LogP contribution in [0.2, 0.25) is 0 Å². The summed E-state index contributed by atoms with van der Waals surface area (Å²) in [5.74, 6) is -0.572. The Morgan fingerprint density at radius 3 is 2.48 bits per heavy atom. The van der Waals surface area contributed by atoms with Crippen LogP contribution in [0.1, 0.15) is 59.4 Å². The average Bonchev–Trinajstić information content (AvgIpc) is 2.74. The van der Waals surface area contributed by atoms with Gasteiger partial charge < -0.3 is 0 Å². The lowest BCUT2D eigenvalue weighted by atomic mass is 9.83. The Labute approximate surface area is 181 Å². The highest BCUT2D eigenvalue weighted by atomic mass is 19.1. The first-order chi connectivity index (χ1) is 14.7. The van der Waals surface area contributed by atoms with Crippen molar-refractivity contribution in [3.05, 3.63) is 101 Å². The average molecular weight is 421 g/mol. The number of ketones is 1. The number of carbonyl (C=O) groups is 1. The molecule has 3 nitrogen and oxygen atoms in total. The van der Waals surface area contributed by atoms with Gasteiger partial charge in [-0.2, -0.15) is 4.39 Å². The third kappa shape index (κ3) is 4.57. The third-order valence-corrected chi connectivity index (χ3v) is 5.77. The summed E-state index contributed by atoms with van der Waals surface area (Å²) in [4.78, 5) is 18.9. The van der Waals surface area contributed by atoms with Crippen LogP contribution in [0.25, 0.3) is 0 Å². The Bertz CT molecular complexity index is 1070. The van der Waals surface area contributed by atoms with Crippen molar-refractivity contribution in [2.45, 2.75) is 44.9 Å². The molecule has 1 aromatic heterocycles. The quantitative estimate of drug-likeness (QED) is 0.402. The minimum atomic E-state index is -1.39. The van der Waals surface area contributed by atoms with Crippen LogP contribution in [0.4, 0.5) is 8.78 Å². The van der Waals surface area contributed by atoms with Crippen LogP contribution < -0.4 is 0 Å². The highest BCUT2D eigenvalue weighted by Gasteiger charge is 2.37. The highest BCUT2D eigenvalue weighted by molar-refractivity contribution is 6.09. The van der Waals surface area contributed by atoms with Gasteiger partial charge in [-0.25, -0.2) is 9.37 Å². The number of carbonyl (C=O) groups excluding carboxylic acids is 1. The van der Waals surface area contributed by atoms with E-state index in [1.165, 1.54) is 12.3 Å². The molecule has 2 aromatic carbocycles. The summed E-state index contributed by atoms with van der Waals surface area (Å²) >= 11 is 0. The molecule has 0 spiro atoms. The van der Waals surface area contributed by atoms with Gasteiger partial charge in [0.1, 0.15) is 5.67 Å². The van der Waals surface area contributed by atoms with Crippen molar-refractivity contribution in [1.29, 1.82) is 0 Å². The van der Waals surface area contributed by atoms with Gasteiger partial charge in [0, 0.05) is 29.9 Å². The molecule has 3 aromatic rings. The molecule has 31 heavy (non-hydrogen) atoms. The molecule has 0 amide bonds. The smallest absolute Gasteiger partial charge is 0.212 e. The maximum Gasteiger partial charge on any atom is 0.212 e. The summed E-state index contributed by atoms with van der Waals surface area (Å²) in [7, 11) is 0. The van der Waals surface area contributed by atoms with Crippen LogP contribution in [0.15, 0.2) is 66.9 Å². The second kappa shape index (κ2) is 8.31. The molecule has 0 unspecified atom stereocenters. The Morgan fingerprint density at radius 1 is 1.10 bits per heavy atom. The Balaban J connectivity index is 1.78. The van der Waals surface area contributed by atoms with E-state index in [2.05, 4.69) is 16.8 Å². The lowest BCUT2D eigenvalue weighted by molar-refractivity contribution is 0.0675. The molecular formula is C26H26F2N2O. The minimum absolute atomic E-state index is 0.0247. The number of rotatable bonds is 5. The number of halogens is 2. The standard InChI is InChI=1S/C26H26F2N2O/c1-17-13-21-14-19(25(31)18-7-5-4-6-8-18)9-11-22(21)24(30(17)16-26(2,3)28)20-10-12-23(27)29-15-20/h4-12,14-15,17,24H,13,16H2,1-3H3/t17-,24-/m1/s1. The largest absolute Gasteiger partial charge is 0.289 e. The second-order valence-corrected chi connectivity index (χ2v) is 8.87. The number of pyridine rings is 1. The molecule has 1 aliphatic rings. The van der Waals surface area contributed by atoms with Crippen molar-refractivity contribution in [1.82, 2.24) is 9.88 Å². The number of fused-ring (bicyclic) bond motifs is 1. The van der Waals surface area contributed by atoms with E-state index >= 15 is 0 Å². The van der Waals surface area contributed by atoms with E-state index in [1.54, 1.807) is 19.9 Å². The fourth-order valence-electron chi connectivity index (χ4n) is 4.42. The van der Waals surface area contributed by atoms with Crippen molar-refractivity contribution >= 4 is 5.78 Å². The van der Waals surface area contributed by atoms with Gasteiger partial charge >= 0.3 is 0 Å². The minimum Gasteiger partial charge on any atom is -0.289 e. The van der Waals surface area contributed by atoms with E-state index < -0.39 is 11.6 Å². The second-order valence-electron chi connectivity index (χ2n) is 8.87. The van der Waals surface area contributed by atoms with Crippen molar-refractivity contribution in [3.63, 3.8) is 0 Å². The van der Waals surface area contributed by atoms with Crippen LogP contribution in [0.5, 0.6) is 0 Å². The summed E-state index contributed by atoms with van der Waals surface area (Å²) in [6.07, 6.45) is 2.22. The SMILES string of the molecule is C[C@@H]1Cc2cc(C(=O)c3ccccc3)ccc2[C@@H](c2ccc(F)nc2)N1CC(C)(C)F. The van der Waals surface area contributed by atoms with Gasteiger partial charge in [0.15, 0.2) is 5.78 Å². The molecule has 0 saturated carbocycles. The van der Waals surface area contributed by atoms with Crippen LogP contribution >= 0.6 is 0 Å². The number of aromatic nitrogens is 1. The van der Waals surface area contributed by atoms with Crippen molar-refractivity contribution in [2.24, 2.45) is 0 Å². The molecule has 0 N–H and O–H groups in total. The molecule has 0 fully saturated rings. The van der Waals surface area contributed by atoms with Gasteiger partial charge in [-0.05, 0) is 56.0 Å². The van der Waals surface area contributed by atoms with E-state index in [-0.39, 0.29) is 24.4 Å². The normalized spacial score (nSPS) is 19.1. The zero-order chi connectivity index (χ0) is 22.2. The van der Waals surface area contributed by atoms with Crippen molar-refractivity contribution in [2.75, 3.05) is 6.54 Å². The van der Waals surface area contributed by atoms with E-state index in [4.69, 9.17) is 0 Å². The van der Waals surface area contributed by atoms with E-state index in [1.807, 2.05) is 48.5 Å². The Morgan fingerprint density at radius 2 is 1.84 bits per heavy atom. The highest BCUT2D eigenvalue weighted by Crippen LogP contribution is 2.39. The molecule has 2 heterocycles. The van der Waals surface area contributed by atoms with Gasteiger partial charge in [0.25, 0.3) is 0 Å². The lowest BCUT2D eigenvalue weighted by Gasteiger charge is -2.44. The van der Waals surface area contributed by atoms with Gasteiger partial charge in [-0.15, -0.1) is 0 Å². The third-order valence-electron chi connectivity index (χ3n) is 5.77. The molecule has 0 radical (unpaired) electrons. The summed E-state index contributed by atoms with van der Waals surface area (Å²) in [5.41, 5.74) is 2.75. The number of nitrogens with zero attached hydrogens (tertiary/aromatic N) is 2. The van der Waals surface area contributed by atoms with Gasteiger partial charge in [-0.3, -0.25) is 9.69 Å². The zero-order valence-corrected chi connectivity index (χ0v) is 18.0. The van der Waals surface area contributed by atoms with Crippen molar-refractivity contribution < 1.29 is 13.6 Å². The number of hydrogen-bond acceptors (Lipinski definition) is 3. The maximum absolute atomic E-state index is 14.7. The monoisotopic (exact) mass is 420 g/mol. The summed E-state index contributed by atoms with van der Waals surface area (Å²) in [6.45, 7) is 5.43. The first-order valence-electron chi connectivity index (χ1n) is 10.5. The Hall–Kier alpha value is -2.92. The number of hydrogen-bond donors (Lipinski definition) is 0. The lowest BCUT2D eigenvalue weighted by Crippen LogP contribution is -2.47. The Kier molecular flexibility index (Phi) is 5.71. The molecule has 5 heteroatoms. The van der Waals surface area contributed by atoms with Crippen molar-refractivity contribution in [3.8, 4) is 0 Å². The molecule has 0 aliphatic carbocycles. The summed E-state index contributed by atoms with van der Waals surface area (Å²) in [5, 5.41) is 0. The maximum atomic E-state index is 14.7. The van der Waals surface area contributed by atoms with Crippen LogP contribution in [-0.2, 0) is 6.42 Å². The van der Waals surface area contributed by atoms with Gasteiger partial charge in [0.05, 0.1) is 6.04 Å². The number of benzene rings is 2. The molecular weight excluding hydrogens is 394 g/mol. The van der Waals surface area contributed by atoms with Gasteiger partial charge in [0.2, 0.25) is 5.95 Å². The van der Waals surface area contributed by atoms with E-state index in [0.29, 0.717) is 17.5 Å². The van der Waals surface area contributed by atoms with E-state index in [9.17, 15) is 13.6 Å². The van der Waals surface area contributed by atoms with Crippen LogP contribution in [0, 0.1) is 5.95 Å². The van der Waals surface area contributed by atoms with Crippen LogP contribution in [-0.4, -0.2) is 33.9 Å². The molecule has 4 rings (SSSR count). The molecule has 2 atom stereocenters. The molecule has 0 saturated heterocycles. The predicted molar refractivity (Wildman–Crippen MR) is 117 cm³/mol. The summed E-state index contributed by atoms with van der Waals surface area (Å²) in [6, 6.07) is 17.7. The molecule has 1 aliphatic heterocycles. The summed E-state index contributed by atoms with van der Waals surface area (Å²) < 4.78 is 28.1. The predicted octanol–water partition coefficient (Wildman–Crippen LogP) is 5.54. The van der Waals surface area contributed by atoms with E-state index in [0.717, 1.165) is 16.7 Å². The fraction of sp³-hybridized carbons (Fsp3) is 0.308. The molecule has 0 bridgehead atoms. The first-order valence-corrected chi connectivity index (χ1v) is 10.5. The topological polar surface area (TPSA) is 33.2 Å². The first kappa shape index (κ1) is 21.3. The number of alkyl halides is 1. The van der Waals surface area contributed by atoms with Crippen LogP contribution in [0.3, 0.4) is 0 Å². The zero-order valence-electron chi connectivity index (χ0n) is 18.0. The van der Waals surface area contributed by atoms with Gasteiger partial charge in [-0.1, -0.05) is 48.5 Å². The fourth-order valence-corrected chi connectivity index (χ4v) is 4.42.